The van der Waals surface area contributed by atoms with Gasteiger partial charge in [0.15, 0.2) is 16.3 Å². The summed E-state index contributed by atoms with van der Waals surface area (Å²) in [6.45, 7) is 0. The Morgan fingerprint density at radius 1 is 1.00 bits per heavy atom. The summed E-state index contributed by atoms with van der Waals surface area (Å²) in [4.78, 5) is 42.4. The fourth-order valence-corrected chi connectivity index (χ4v) is 3.02. The second-order valence-electron chi connectivity index (χ2n) is 5.01. The van der Waals surface area contributed by atoms with Crippen LogP contribution in [0.5, 0.6) is 0 Å². The predicted molar refractivity (Wildman–Crippen MR) is 83.0 cm³/mol. The van der Waals surface area contributed by atoms with Crippen molar-refractivity contribution < 1.29 is 4.92 Å². The largest absolute Gasteiger partial charge is 0.492 e. The van der Waals surface area contributed by atoms with Crippen LogP contribution in [0.3, 0.4) is 0 Å². The molecule has 3 heterocycles. The van der Waals surface area contributed by atoms with Crippen LogP contribution in [0, 0.1) is 10.1 Å². The second-order valence-corrected chi connectivity index (χ2v) is 5.94. The lowest BCUT2D eigenvalue weighted by Crippen LogP contribution is -2.37. The molecule has 126 valence electrons. The molecular formula is C11H12N8O4S. The maximum atomic E-state index is 12.3. The Morgan fingerprint density at radius 2 is 1.67 bits per heavy atom. The zero-order chi connectivity index (χ0) is 17.8. The van der Waals surface area contributed by atoms with Crippen LogP contribution in [0.25, 0.3) is 11.2 Å². The molecular weight excluding hydrogens is 340 g/mol. The minimum Gasteiger partial charge on any atom is -0.390 e. The van der Waals surface area contributed by atoms with Crippen molar-refractivity contribution in [2.45, 2.75) is 10.3 Å². The number of aromatic nitrogens is 7. The third-order valence-electron chi connectivity index (χ3n) is 3.49. The molecule has 0 spiro atoms. The van der Waals surface area contributed by atoms with E-state index >= 15 is 0 Å². The summed E-state index contributed by atoms with van der Waals surface area (Å²) in [5.41, 5.74) is -0.487. The predicted octanol–water partition coefficient (Wildman–Crippen LogP) is -0.841. The van der Waals surface area contributed by atoms with Crippen LogP contribution in [0.2, 0.25) is 0 Å². The highest BCUT2D eigenvalue weighted by Crippen LogP contribution is 2.27. The number of nitro groups is 1. The van der Waals surface area contributed by atoms with Crippen LogP contribution >= 0.6 is 11.8 Å². The summed E-state index contributed by atoms with van der Waals surface area (Å²) in [5.74, 6) is -0.526. The molecule has 0 bridgehead atoms. The van der Waals surface area contributed by atoms with Gasteiger partial charge in [-0.3, -0.25) is 13.9 Å². The first-order chi connectivity index (χ1) is 11.2. The molecule has 0 saturated heterocycles. The van der Waals surface area contributed by atoms with E-state index in [1.165, 1.54) is 35.0 Å². The molecule has 3 aromatic heterocycles. The molecule has 12 nitrogen and oxygen atoms in total. The number of nitrogens with zero attached hydrogens (tertiary/aromatic N) is 8. The molecule has 0 atom stereocenters. The first kappa shape index (κ1) is 15.9. The van der Waals surface area contributed by atoms with Crippen LogP contribution in [-0.4, -0.2) is 38.4 Å². The fraction of sp³-hybridized carbons (Fsp3) is 0.364. The zero-order valence-corrected chi connectivity index (χ0v) is 13.9. The Morgan fingerprint density at radius 3 is 2.25 bits per heavy atom. The van der Waals surface area contributed by atoms with E-state index in [1.807, 2.05) is 0 Å². The van der Waals surface area contributed by atoms with Crippen LogP contribution in [0.4, 0.5) is 5.95 Å². The monoisotopic (exact) mass is 352 g/mol. The van der Waals surface area contributed by atoms with E-state index < -0.39 is 22.1 Å². The van der Waals surface area contributed by atoms with Gasteiger partial charge in [-0.05, 0) is 9.91 Å². The summed E-state index contributed by atoms with van der Waals surface area (Å²) in [6, 6.07) is 0. The topological polar surface area (TPSA) is 136 Å². The molecule has 0 aliphatic heterocycles. The highest BCUT2D eigenvalue weighted by atomic mass is 32.2. The number of aryl methyl sites for hydroxylation is 3. The molecule has 13 heteroatoms. The van der Waals surface area contributed by atoms with Gasteiger partial charge in [-0.15, -0.1) is 0 Å². The number of rotatable bonds is 3. The minimum atomic E-state index is -0.696. The van der Waals surface area contributed by atoms with Crippen molar-refractivity contribution in [1.29, 1.82) is 0 Å². The van der Waals surface area contributed by atoms with Gasteiger partial charge in [-0.25, -0.2) is 9.78 Å². The van der Waals surface area contributed by atoms with Gasteiger partial charge in [0.2, 0.25) is 0 Å². The molecule has 3 aromatic rings. The highest BCUT2D eigenvalue weighted by Gasteiger charge is 2.24. The van der Waals surface area contributed by atoms with E-state index in [9.17, 15) is 19.7 Å². The lowest BCUT2D eigenvalue weighted by molar-refractivity contribution is -0.394. The van der Waals surface area contributed by atoms with Crippen molar-refractivity contribution in [3.63, 3.8) is 0 Å². The van der Waals surface area contributed by atoms with E-state index in [2.05, 4.69) is 15.1 Å². The molecule has 0 aromatic carbocycles. The van der Waals surface area contributed by atoms with Gasteiger partial charge in [-0.2, -0.15) is 4.68 Å². The van der Waals surface area contributed by atoms with Crippen LogP contribution in [0.1, 0.15) is 0 Å². The van der Waals surface area contributed by atoms with Crippen molar-refractivity contribution in [2.75, 3.05) is 0 Å². The average Bonchev–Trinajstić information content (AvgIpc) is 3.05. The van der Waals surface area contributed by atoms with Crippen molar-refractivity contribution >= 4 is 28.9 Å². The van der Waals surface area contributed by atoms with Crippen LogP contribution in [0.15, 0.2) is 19.9 Å². The third-order valence-corrected chi connectivity index (χ3v) is 4.58. The maximum absolute atomic E-state index is 12.3. The molecule has 3 rings (SSSR count). The molecule has 0 amide bonds. The van der Waals surface area contributed by atoms with E-state index in [4.69, 9.17) is 0 Å². The number of fused-ring (bicyclic) bond motifs is 1. The molecule has 0 fully saturated rings. The minimum absolute atomic E-state index is 0.227. The van der Waals surface area contributed by atoms with E-state index in [0.29, 0.717) is 5.16 Å². The van der Waals surface area contributed by atoms with E-state index in [0.717, 1.165) is 16.3 Å². The third kappa shape index (κ3) is 2.20. The lowest BCUT2D eigenvalue weighted by atomic mass is 10.5. The molecule has 24 heavy (non-hydrogen) atoms. The Labute approximate surface area is 137 Å². The van der Waals surface area contributed by atoms with E-state index in [1.54, 1.807) is 7.05 Å². The van der Waals surface area contributed by atoms with Crippen molar-refractivity contribution in [3.8, 4) is 0 Å². The number of imidazole rings is 1. The van der Waals surface area contributed by atoms with Gasteiger partial charge in [0.05, 0.1) is 0 Å². The standard InChI is InChI=1S/C11H12N8O4S/c1-15-5-6(16(2)11(21)17(3)7(5)20)12-9(15)24-10-13-8(19(22)23)14-18(10)4/h1-4H3. The number of hydrogen-bond donors (Lipinski definition) is 0. The Hall–Kier alpha value is -2.96. The number of hydrogen-bond acceptors (Lipinski definition) is 8. The maximum Gasteiger partial charge on any atom is 0.492 e. The summed E-state index contributed by atoms with van der Waals surface area (Å²) >= 11 is 1.01. The molecule has 0 aliphatic carbocycles. The fourth-order valence-electron chi connectivity index (χ4n) is 2.19. The summed E-state index contributed by atoms with van der Waals surface area (Å²) in [7, 11) is 6.03. The van der Waals surface area contributed by atoms with Gasteiger partial charge in [0, 0.05) is 45.1 Å². The van der Waals surface area contributed by atoms with E-state index in [-0.39, 0.29) is 16.3 Å². The van der Waals surface area contributed by atoms with Crippen molar-refractivity contribution in [2.24, 2.45) is 28.2 Å². The Bertz CT molecular complexity index is 1100. The summed E-state index contributed by atoms with van der Waals surface area (Å²) < 4.78 is 5.02. The van der Waals surface area contributed by atoms with Crippen molar-refractivity contribution in [3.05, 3.63) is 31.0 Å². The second kappa shape index (κ2) is 5.30. The first-order valence-electron chi connectivity index (χ1n) is 6.58. The lowest BCUT2D eigenvalue weighted by Gasteiger charge is -2.03. The average molecular weight is 352 g/mol. The highest BCUT2D eigenvalue weighted by molar-refractivity contribution is 7.99. The first-order valence-corrected chi connectivity index (χ1v) is 7.39. The molecule has 0 radical (unpaired) electrons. The van der Waals surface area contributed by atoms with Gasteiger partial charge < -0.3 is 14.7 Å². The SMILES string of the molecule is Cn1nc([N+](=O)[O-])nc1Sc1nc2c(c(=O)n(C)c(=O)n2C)n1C. The molecule has 0 N–H and O–H groups in total. The van der Waals surface area contributed by atoms with Gasteiger partial charge >= 0.3 is 11.6 Å². The quantitative estimate of drug-likeness (QED) is 0.439. The van der Waals surface area contributed by atoms with Gasteiger partial charge in [0.1, 0.15) is 0 Å². The zero-order valence-electron chi connectivity index (χ0n) is 13.1. The molecule has 0 unspecified atom stereocenters. The Balaban J connectivity index is 2.19. The Kier molecular flexibility index (Phi) is 3.51. The van der Waals surface area contributed by atoms with Gasteiger partial charge in [-0.1, -0.05) is 0 Å². The summed E-state index contributed by atoms with van der Waals surface area (Å²) in [6.07, 6.45) is 0. The molecule has 0 aliphatic rings. The normalized spacial score (nSPS) is 11.3. The van der Waals surface area contributed by atoms with Crippen LogP contribution in [-0.2, 0) is 28.2 Å². The van der Waals surface area contributed by atoms with Gasteiger partial charge in [0.25, 0.3) is 10.7 Å². The summed E-state index contributed by atoms with van der Waals surface area (Å²) in [5, 5.41) is 15.0. The molecule has 0 saturated carbocycles. The van der Waals surface area contributed by atoms with Crippen molar-refractivity contribution in [1.82, 2.24) is 33.4 Å². The smallest absolute Gasteiger partial charge is 0.390 e. The van der Waals surface area contributed by atoms with Crippen LogP contribution < -0.4 is 11.2 Å².